The van der Waals surface area contributed by atoms with Crippen LogP contribution in [-0.2, 0) is 0 Å². The molecule has 0 aliphatic rings. The van der Waals surface area contributed by atoms with Gasteiger partial charge in [-0.05, 0) is 42.9 Å². The summed E-state index contributed by atoms with van der Waals surface area (Å²) in [6.07, 6.45) is 13.1. The van der Waals surface area contributed by atoms with Crippen LogP contribution in [0.3, 0.4) is 0 Å². The largest absolute Gasteiger partial charge is 0.265 e. The number of rotatable bonds is 6. The average molecular weight is 203 g/mol. The molecular formula is C14H21N. The number of hydrogen-bond acceptors (Lipinski definition) is 1. The monoisotopic (exact) mass is 203 g/mol. The molecule has 1 nitrogen and oxygen atoms in total. The second-order valence-electron chi connectivity index (χ2n) is 3.88. The average Bonchev–Trinajstić information content (AvgIpc) is 2.29. The molecule has 0 fully saturated rings. The maximum Gasteiger partial charge on any atom is 0.0270 e. The van der Waals surface area contributed by atoms with E-state index in [9.17, 15) is 0 Å². The Kier molecular flexibility index (Phi) is 5.76. The molecule has 1 rings (SSSR count). The van der Waals surface area contributed by atoms with E-state index >= 15 is 0 Å². The number of nitrogens with zero attached hydrogens (tertiary/aromatic N) is 1. The number of pyridine rings is 1. The first-order chi connectivity index (χ1) is 7.38. The fourth-order valence-electron chi connectivity index (χ4n) is 1.83. The van der Waals surface area contributed by atoms with Gasteiger partial charge in [-0.3, -0.25) is 4.98 Å². The smallest absolute Gasteiger partial charge is 0.0270 e. The van der Waals surface area contributed by atoms with Gasteiger partial charge in [0.15, 0.2) is 0 Å². The van der Waals surface area contributed by atoms with E-state index in [-0.39, 0.29) is 0 Å². The molecule has 0 aliphatic heterocycles. The van der Waals surface area contributed by atoms with E-state index in [4.69, 9.17) is 0 Å². The molecule has 0 aliphatic carbocycles. The molecule has 0 saturated carbocycles. The lowest BCUT2D eigenvalue weighted by molar-refractivity contribution is 0.619. The Hall–Kier alpha value is -1.11. The van der Waals surface area contributed by atoms with Crippen LogP contribution in [-0.4, -0.2) is 4.98 Å². The third kappa shape index (κ3) is 4.28. The van der Waals surface area contributed by atoms with Crippen molar-refractivity contribution in [3.63, 3.8) is 0 Å². The van der Waals surface area contributed by atoms with Crippen LogP contribution in [0.5, 0.6) is 0 Å². The summed E-state index contributed by atoms with van der Waals surface area (Å²) in [5, 5.41) is 0. The molecule has 0 spiro atoms. The van der Waals surface area contributed by atoms with E-state index in [1.807, 2.05) is 12.4 Å². The highest BCUT2D eigenvalue weighted by atomic mass is 14.6. The van der Waals surface area contributed by atoms with Crippen molar-refractivity contribution in [2.24, 2.45) is 0 Å². The number of hydrogen-bond donors (Lipinski definition) is 0. The molecule has 0 radical (unpaired) electrons. The van der Waals surface area contributed by atoms with E-state index in [1.54, 1.807) is 0 Å². The van der Waals surface area contributed by atoms with E-state index in [0.717, 1.165) is 12.8 Å². The summed E-state index contributed by atoms with van der Waals surface area (Å²) < 4.78 is 0. The van der Waals surface area contributed by atoms with Gasteiger partial charge in [0.05, 0.1) is 0 Å². The van der Waals surface area contributed by atoms with Gasteiger partial charge in [-0.2, -0.15) is 0 Å². The third-order valence-electron chi connectivity index (χ3n) is 2.64. The van der Waals surface area contributed by atoms with Gasteiger partial charge in [0, 0.05) is 12.4 Å². The minimum atomic E-state index is 0.667. The van der Waals surface area contributed by atoms with Crippen LogP contribution in [0.2, 0.25) is 0 Å². The molecule has 0 amide bonds. The summed E-state index contributed by atoms with van der Waals surface area (Å²) in [6.45, 7) is 4.43. The van der Waals surface area contributed by atoms with E-state index in [2.05, 4.69) is 43.1 Å². The zero-order valence-electron chi connectivity index (χ0n) is 9.82. The first-order valence-corrected chi connectivity index (χ1v) is 5.93. The molecule has 1 atom stereocenters. The quantitative estimate of drug-likeness (QED) is 0.627. The van der Waals surface area contributed by atoms with Crippen molar-refractivity contribution < 1.29 is 0 Å². The van der Waals surface area contributed by atoms with Crippen LogP contribution < -0.4 is 0 Å². The summed E-state index contributed by atoms with van der Waals surface area (Å²) in [5.41, 5.74) is 1.42. The summed E-state index contributed by atoms with van der Waals surface area (Å²) in [7, 11) is 0. The Labute approximate surface area is 93.2 Å². The van der Waals surface area contributed by atoms with Crippen LogP contribution in [0.25, 0.3) is 0 Å². The van der Waals surface area contributed by atoms with Gasteiger partial charge >= 0.3 is 0 Å². The molecule has 15 heavy (non-hydrogen) atoms. The highest BCUT2D eigenvalue weighted by molar-refractivity contribution is 5.16. The Balaban J connectivity index is 2.61. The predicted molar refractivity (Wildman–Crippen MR) is 65.9 cm³/mol. The van der Waals surface area contributed by atoms with Crippen molar-refractivity contribution in [1.29, 1.82) is 0 Å². The summed E-state index contributed by atoms with van der Waals surface area (Å²) >= 11 is 0. The first-order valence-electron chi connectivity index (χ1n) is 5.93. The van der Waals surface area contributed by atoms with Crippen molar-refractivity contribution in [1.82, 2.24) is 4.98 Å². The lowest BCUT2D eigenvalue weighted by Crippen LogP contribution is -1.97. The van der Waals surface area contributed by atoms with E-state index in [1.165, 1.54) is 18.4 Å². The van der Waals surface area contributed by atoms with Crippen molar-refractivity contribution in [2.75, 3.05) is 0 Å². The SMILES string of the molecule is CC/C=C\CC(CCC)c1ccncc1. The van der Waals surface area contributed by atoms with Crippen molar-refractivity contribution in [3.05, 3.63) is 42.2 Å². The Bertz CT molecular complexity index is 277. The Morgan fingerprint density at radius 3 is 2.53 bits per heavy atom. The number of aromatic nitrogens is 1. The minimum absolute atomic E-state index is 0.667. The lowest BCUT2D eigenvalue weighted by Gasteiger charge is -2.13. The summed E-state index contributed by atoms with van der Waals surface area (Å²) in [5.74, 6) is 0.667. The maximum absolute atomic E-state index is 4.07. The van der Waals surface area contributed by atoms with Crippen molar-refractivity contribution >= 4 is 0 Å². The predicted octanol–water partition coefficient (Wildman–Crippen LogP) is 4.32. The van der Waals surface area contributed by atoms with Gasteiger partial charge in [0.25, 0.3) is 0 Å². The van der Waals surface area contributed by atoms with Crippen LogP contribution in [0.15, 0.2) is 36.7 Å². The topological polar surface area (TPSA) is 12.9 Å². The lowest BCUT2D eigenvalue weighted by atomic mass is 9.92. The normalized spacial score (nSPS) is 13.2. The second-order valence-corrected chi connectivity index (χ2v) is 3.88. The highest BCUT2D eigenvalue weighted by Gasteiger charge is 2.07. The van der Waals surface area contributed by atoms with Crippen LogP contribution in [0, 0.1) is 0 Å². The van der Waals surface area contributed by atoms with Gasteiger partial charge in [0.2, 0.25) is 0 Å². The highest BCUT2D eigenvalue weighted by Crippen LogP contribution is 2.24. The molecule has 1 aromatic heterocycles. The molecule has 0 saturated heterocycles. The van der Waals surface area contributed by atoms with Gasteiger partial charge < -0.3 is 0 Å². The summed E-state index contributed by atoms with van der Waals surface area (Å²) in [6, 6.07) is 4.28. The van der Waals surface area contributed by atoms with Crippen molar-refractivity contribution in [3.8, 4) is 0 Å². The molecule has 1 unspecified atom stereocenters. The fraction of sp³-hybridized carbons (Fsp3) is 0.500. The molecule has 1 heterocycles. The van der Waals surface area contributed by atoms with Crippen LogP contribution >= 0.6 is 0 Å². The third-order valence-corrected chi connectivity index (χ3v) is 2.64. The molecular weight excluding hydrogens is 182 g/mol. The number of allylic oxidation sites excluding steroid dienone is 2. The van der Waals surface area contributed by atoms with Crippen LogP contribution in [0.4, 0.5) is 0 Å². The minimum Gasteiger partial charge on any atom is -0.265 e. The van der Waals surface area contributed by atoms with E-state index in [0.29, 0.717) is 5.92 Å². The van der Waals surface area contributed by atoms with Crippen LogP contribution in [0.1, 0.15) is 51.0 Å². The molecule has 0 N–H and O–H groups in total. The zero-order valence-corrected chi connectivity index (χ0v) is 9.82. The molecule has 1 aromatic rings. The molecule has 0 aromatic carbocycles. The first kappa shape index (κ1) is 12.0. The fourth-order valence-corrected chi connectivity index (χ4v) is 1.83. The molecule has 82 valence electrons. The maximum atomic E-state index is 4.07. The standard InChI is InChI=1S/C14H21N/c1-3-5-6-8-13(7-4-2)14-9-11-15-12-10-14/h5-6,9-13H,3-4,7-8H2,1-2H3/b6-5-. The summed E-state index contributed by atoms with van der Waals surface area (Å²) in [4.78, 5) is 4.07. The Morgan fingerprint density at radius 2 is 1.93 bits per heavy atom. The molecule has 1 heteroatoms. The molecule has 0 bridgehead atoms. The van der Waals surface area contributed by atoms with Crippen molar-refractivity contribution in [2.45, 2.75) is 45.4 Å². The van der Waals surface area contributed by atoms with Gasteiger partial charge in [-0.15, -0.1) is 0 Å². The van der Waals surface area contributed by atoms with Gasteiger partial charge in [-0.1, -0.05) is 32.4 Å². The van der Waals surface area contributed by atoms with Gasteiger partial charge in [-0.25, -0.2) is 0 Å². The second kappa shape index (κ2) is 7.22. The Morgan fingerprint density at radius 1 is 1.20 bits per heavy atom. The van der Waals surface area contributed by atoms with E-state index < -0.39 is 0 Å². The zero-order chi connectivity index (χ0) is 10.9. The van der Waals surface area contributed by atoms with Gasteiger partial charge in [0.1, 0.15) is 0 Å².